The van der Waals surface area contributed by atoms with Gasteiger partial charge in [0.1, 0.15) is 0 Å². The van der Waals surface area contributed by atoms with E-state index in [1.54, 1.807) is 4.98 Å². The predicted octanol–water partition coefficient (Wildman–Crippen LogP) is -0.718. The first-order chi connectivity index (χ1) is 6.79. The fraction of sp³-hybridized carbons (Fsp3) is 0. The number of hydrogen-bond acceptors (Lipinski definition) is 3. The monoisotopic (exact) mass is 236 g/mol. The molecule has 0 radical (unpaired) electrons. The molecular weight excluding hydrogens is 230 g/mol. The van der Waals surface area contributed by atoms with E-state index in [1.165, 1.54) is 0 Å². The molecule has 0 unspecified atom stereocenters. The summed E-state index contributed by atoms with van der Waals surface area (Å²) in [5.74, 6) is -0.823. The van der Waals surface area contributed by atoms with E-state index >= 15 is 0 Å². The molecule has 7 nitrogen and oxygen atoms in total. The van der Waals surface area contributed by atoms with Crippen molar-refractivity contribution in [2.45, 2.75) is 0 Å². The molecule has 82 valence electrons. The molecule has 1 aromatic rings. The maximum atomic E-state index is 12.6. The first-order valence-electron chi connectivity index (χ1n) is 3.55. The van der Waals surface area contributed by atoms with Gasteiger partial charge < -0.3 is 9.79 Å². The highest BCUT2D eigenvalue weighted by molar-refractivity contribution is 7.55. The van der Waals surface area contributed by atoms with Crippen molar-refractivity contribution in [3.05, 3.63) is 38.7 Å². The van der Waals surface area contributed by atoms with Gasteiger partial charge in [0.2, 0.25) is 5.82 Å². The van der Waals surface area contributed by atoms with E-state index in [1.807, 2.05) is 0 Å². The summed E-state index contributed by atoms with van der Waals surface area (Å²) in [6, 6.07) is 0. The van der Waals surface area contributed by atoms with E-state index in [-0.39, 0.29) is 0 Å². The predicted molar refractivity (Wildman–Crippen MR) is 48.7 cm³/mol. The molecular formula is C6H6FN2O5P. The molecule has 0 amide bonds. The Morgan fingerprint density at radius 3 is 2.60 bits per heavy atom. The lowest BCUT2D eigenvalue weighted by molar-refractivity contribution is 0.386. The molecule has 0 aliphatic heterocycles. The number of rotatable bonds is 2. The SMILES string of the molecule is O=c1[nH]c(=O)n(/C=C\P(=O)(O)O)cc1F. The first kappa shape index (κ1) is 11.6. The molecule has 0 fully saturated rings. The van der Waals surface area contributed by atoms with Gasteiger partial charge in [0.05, 0.1) is 6.20 Å². The summed E-state index contributed by atoms with van der Waals surface area (Å²) >= 11 is 0. The number of hydrogen-bond donors (Lipinski definition) is 3. The third-order valence-corrected chi connectivity index (χ3v) is 1.87. The summed E-state index contributed by atoms with van der Waals surface area (Å²) in [4.78, 5) is 40.0. The van der Waals surface area contributed by atoms with Crippen LogP contribution in [0.25, 0.3) is 6.20 Å². The summed E-state index contributed by atoms with van der Waals surface area (Å²) in [7, 11) is -4.43. The second-order valence-electron chi connectivity index (χ2n) is 2.53. The largest absolute Gasteiger partial charge is 0.350 e. The zero-order valence-electron chi connectivity index (χ0n) is 7.12. The number of aromatic nitrogens is 2. The smallest absolute Gasteiger partial charge is 0.321 e. The van der Waals surface area contributed by atoms with Gasteiger partial charge in [0.15, 0.2) is 0 Å². The van der Waals surface area contributed by atoms with Crippen LogP contribution in [0.15, 0.2) is 21.6 Å². The van der Waals surface area contributed by atoms with E-state index in [4.69, 9.17) is 9.79 Å². The van der Waals surface area contributed by atoms with Gasteiger partial charge in [-0.05, 0) is 0 Å². The number of aromatic amines is 1. The van der Waals surface area contributed by atoms with Crippen molar-refractivity contribution in [3.8, 4) is 0 Å². The Hall–Kier alpha value is -1.50. The fourth-order valence-corrected chi connectivity index (χ4v) is 1.05. The van der Waals surface area contributed by atoms with E-state index < -0.39 is 24.7 Å². The molecule has 0 saturated heterocycles. The Balaban J connectivity index is 3.24. The molecule has 0 spiro atoms. The van der Waals surface area contributed by atoms with Crippen LogP contribution in [0, 0.1) is 5.82 Å². The van der Waals surface area contributed by atoms with Gasteiger partial charge in [0, 0.05) is 12.0 Å². The van der Waals surface area contributed by atoms with Crippen molar-refractivity contribution in [2.24, 2.45) is 0 Å². The van der Waals surface area contributed by atoms with Crippen LogP contribution in [0.1, 0.15) is 0 Å². The summed E-state index contributed by atoms with van der Waals surface area (Å²) in [6.07, 6.45) is 1.19. The molecule has 0 atom stereocenters. The highest BCUT2D eigenvalue weighted by Crippen LogP contribution is 2.35. The van der Waals surface area contributed by atoms with Crippen molar-refractivity contribution in [1.29, 1.82) is 0 Å². The molecule has 15 heavy (non-hydrogen) atoms. The molecule has 0 aromatic carbocycles. The number of H-pyrrole nitrogens is 1. The average molecular weight is 236 g/mol. The second-order valence-corrected chi connectivity index (χ2v) is 4.01. The number of halogens is 1. The lowest BCUT2D eigenvalue weighted by Gasteiger charge is -1.98. The zero-order chi connectivity index (χ0) is 11.6. The Bertz CT molecular complexity index is 553. The van der Waals surface area contributed by atoms with Gasteiger partial charge >= 0.3 is 13.3 Å². The quantitative estimate of drug-likeness (QED) is 0.586. The van der Waals surface area contributed by atoms with Crippen LogP contribution in [-0.4, -0.2) is 19.3 Å². The average Bonchev–Trinajstić information content (AvgIpc) is 2.07. The van der Waals surface area contributed by atoms with Gasteiger partial charge in [-0.15, -0.1) is 0 Å². The minimum atomic E-state index is -4.43. The Morgan fingerprint density at radius 2 is 2.07 bits per heavy atom. The Morgan fingerprint density at radius 1 is 1.47 bits per heavy atom. The van der Waals surface area contributed by atoms with Crippen LogP contribution in [0.4, 0.5) is 4.39 Å². The summed E-state index contributed by atoms with van der Waals surface area (Å²) < 4.78 is 23.6. The molecule has 9 heteroatoms. The van der Waals surface area contributed by atoms with Gasteiger partial charge in [-0.3, -0.25) is 18.9 Å². The third-order valence-electron chi connectivity index (χ3n) is 1.35. The molecule has 1 aromatic heterocycles. The Labute approximate surface area is 81.7 Å². The molecule has 1 heterocycles. The van der Waals surface area contributed by atoms with Crippen LogP contribution in [0.3, 0.4) is 0 Å². The summed E-state index contributed by atoms with van der Waals surface area (Å²) in [5.41, 5.74) is -2.19. The number of nitrogens with zero attached hydrogens (tertiary/aromatic N) is 1. The highest BCUT2D eigenvalue weighted by Gasteiger charge is 2.07. The Kier molecular flexibility index (Phi) is 3.04. The zero-order valence-corrected chi connectivity index (χ0v) is 8.02. The number of nitrogens with one attached hydrogen (secondary N) is 1. The third kappa shape index (κ3) is 3.28. The van der Waals surface area contributed by atoms with Crippen LogP contribution >= 0.6 is 7.60 Å². The molecule has 0 bridgehead atoms. The lowest BCUT2D eigenvalue weighted by Crippen LogP contribution is -2.28. The molecule has 1 rings (SSSR count). The van der Waals surface area contributed by atoms with E-state index in [9.17, 15) is 18.5 Å². The molecule has 3 N–H and O–H groups in total. The molecule has 0 aliphatic rings. The summed E-state index contributed by atoms with van der Waals surface area (Å²) in [5, 5.41) is 0. The summed E-state index contributed by atoms with van der Waals surface area (Å²) in [6.45, 7) is 0. The van der Waals surface area contributed by atoms with E-state index in [0.29, 0.717) is 22.8 Å². The van der Waals surface area contributed by atoms with Crippen LogP contribution < -0.4 is 11.2 Å². The fourth-order valence-electron chi connectivity index (χ4n) is 0.730. The van der Waals surface area contributed by atoms with Gasteiger partial charge in [-0.25, -0.2) is 4.79 Å². The van der Waals surface area contributed by atoms with Crippen molar-refractivity contribution in [1.82, 2.24) is 9.55 Å². The van der Waals surface area contributed by atoms with Crippen LogP contribution in [0.5, 0.6) is 0 Å². The molecule has 0 aliphatic carbocycles. The van der Waals surface area contributed by atoms with E-state index in [0.717, 1.165) is 0 Å². The van der Waals surface area contributed by atoms with Crippen LogP contribution in [0.2, 0.25) is 0 Å². The minimum absolute atomic E-state index is 0.409. The maximum absolute atomic E-state index is 12.6. The first-order valence-corrected chi connectivity index (χ1v) is 5.23. The highest BCUT2D eigenvalue weighted by atomic mass is 31.2. The second kappa shape index (κ2) is 3.93. The normalized spacial score (nSPS) is 12.2. The standard InChI is InChI=1S/C6H6FN2O5P/c7-4-3-9(1-2-15(12,13)14)6(11)8-5(4)10/h1-3H,(H,8,10,11)(H2,12,13,14)/b2-1-. The van der Waals surface area contributed by atoms with Crippen molar-refractivity contribution < 1.29 is 18.7 Å². The van der Waals surface area contributed by atoms with Crippen molar-refractivity contribution in [2.75, 3.05) is 0 Å². The maximum Gasteiger partial charge on any atom is 0.350 e. The minimum Gasteiger partial charge on any atom is -0.321 e. The van der Waals surface area contributed by atoms with Crippen LogP contribution in [-0.2, 0) is 4.57 Å². The van der Waals surface area contributed by atoms with Gasteiger partial charge in [-0.2, -0.15) is 4.39 Å². The lowest BCUT2D eigenvalue weighted by atomic mass is 10.6. The topological polar surface area (TPSA) is 112 Å². The van der Waals surface area contributed by atoms with Crippen molar-refractivity contribution >= 4 is 13.8 Å². The van der Waals surface area contributed by atoms with E-state index in [2.05, 4.69) is 0 Å². The van der Waals surface area contributed by atoms with Gasteiger partial charge in [0.25, 0.3) is 5.56 Å². The van der Waals surface area contributed by atoms with Gasteiger partial charge in [-0.1, -0.05) is 0 Å². The molecule has 0 saturated carbocycles. The van der Waals surface area contributed by atoms with Crippen molar-refractivity contribution in [3.63, 3.8) is 0 Å².